The van der Waals surface area contributed by atoms with Gasteiger partial charge in [-0.1, -0.05) is 0 Å². The Morgan fingerprint density at radius 2 is 1.84 bits per heavy atom. The number of morpholine rings is 1. The van der Waals surface area contributed by atoms with Crippen molar-refractivity contribution in [2.24, 2.45) is 0 Å². The minimum atomic E-state index is -2.75. The minimum absolute atomic E-state index is 0.160. The summed E-state index contributed by atoms with van der Waals surface area (Å²) in [6, 6.07) is 7.66. The number of rotatable bonds is 8. The lowest BCUT2D eigenvalue weighted by Gasteiger charge is -2.27. The molecule has 1 saturated heterocycles. The number of ether oxygens (including phenoxy) is 2. The van der Waals surface area contributed by atoms with Crippen LogP contribution in [0.4, 0.5) is 23.1 Å². The molecule has 5 aromatic rings. The first-order valence-electron chi connectivity index (χ1n) is 13.8. The molecule has 0 aliphatic carbocycles. The van der Waals surface area contributed by atoms with Crippen molar-refractivity contribution in [2.45, 2.75) is 13.0 Å². The van der Waals surface area contributed by atoms with Crippen LogP contribution in [0.2, 0.25) is 0 Å². The lowest BCUT2D eigenvalue weighted by atomic mass is 9.96. The summed E-state index contributed by atoms with van der Waals surface area (Å²) in [4.78, 5) is 26.6. The van der Waals surface area contributed by atoms with E-state index in [2.05, 4.69) is 40.9 Å². The van der Waals surface area contributed by atoms with Crippen LogP contribution in [0.3, 0.4) is 0 Å². The van der Waals surface area contributed by atoms with E-state index >= 15 is 0 Å². The molecule has 6 rings (SSSR count). The molecule has 13 heteroatoms. The number of benzene rings is 2. The summed E-state index contributed by atoms with van der Waals surface area (Å²) in [5.41, 5.74) is 6.13. The molecule has 0 spiro atoms. The van der Waals surface area contributed by atoms with E-state index in [1.807, 2.05) is 31.2 Å². The van der Waals surface area contributed by atoms with Crippen LogP contribution in [0.5, 0.6) is 5.75 Å². The van der Waals surface area contributed by atoms with Crippen LogP contribution in [0.1, 0.15) is 17.2 Å². The fourth-order valence-electron chi connectivity index (χ4n) is 5.13. The first kappa shape index (κ1) is 28.6. The second-order valence-corrected chi connectivity index (χ2v) is 13.7. The van der Waals surface area contributed by atoms with E-state index in [4.69, 9.17) is 14.5 Å². The topological polar surface area (TPSA) is 149 Å². The van der Waals surface area contributed by atoms with Crippen LogP contribution in [-0.2, 0) is 9.30 Å². The van der Waals surface area contributed by atoms with Gasteiger partial charge in [-0.2, -0.15) is 4.98 Å². The predicted molar refractivity (Wildman–Crippen MR) is 168 cm³/mol. The van der Waals surface area contributed by atoms with E-state index in [1.165, 1.54) is 6.33 Å². The van der Waals surface area contributed by atoms with Crippen molar-refractivity contribution in [2.75, 3.05) is 50.8 Å². The SMILES string of the molecule is COc1cc(C2CNCCO2)c(-c2cncnc2)cc1Nc1ncc(C)c(Nc2ccc3nccnc3c2P(C)(C)=O)n1. The second kappa shape index (κ2) is 12.0. The minimum Gasteiger partial charge on any atom is -0.495 e. The van der Waals surface area contributed by atoms with E-state index in [-0.39, 0.29) is 6.10 Å². The van der Waals surface area contributed by atoms with Crippen molar-refractivity contribution in [3.63, 3.8) is 0 Å². The smallest absolute Gasteiger partial charge is 0.229 e. The van der Waals surface area contributed by atoms with Gasteiger partial charge in [0.05, 0.1) is 42.0 Å². The fraction of sp³-hybridized carbons (Fsp3) is 0.267. The average Bonchev–Trinajstić information content (AvgIpc) is 3.02. The van der Waals surface area contributed by atoms with Crippen molar-refractivity contribution >= 4 is 46.6 Å². The first-order valence-corrected chi connectivity index (χ1v) is 16.4. The maximum Gasteiger partial charge on any atom is 0.229 e. The molecule has 0 bridgehead atoms. The summed E-state index contributed by atoms with van der Waals surface area (Å²) in [6.45, 7) is 7.45. The van der Waals surface area contributed by atoms with E-state index in [9.17, 15) is 4.57 Å². The quantitative estimate of drug-likeness (QED) is 0.215. The van der Waals surface area contributed by atoms with Gasteiger partial charge in [0.2, 0.25) is 5.95 Å². The molecule has 1 unspecified atom stereocenters. The molecular weight excluding hydrogens is 565 g/mol. The molecule has 12 nitrogen and oxygen atoms in total. The molecule has 1 aliphatic rings. The van der Waals surface area contributed by atoms with Crippen molar-refractivity contribution in [3.05, 3.63) is 72.7 Å². The van der Waals surface area contributed by atoms with Gasteiger partial charge < -0.3 is 30.0 Å². The van der Waals surface area contributed by atoms with Crippen LogP contribution < -0.4 is 26.0 Å². The standard InChI is InChI=1S/C30H32N9O3P/c1-18-13-36-30(39-29(18)37-23-6-5-22-27(35-8-7-34-22)28(23)43(3,4)40)38-24-11-20(19-14-32-17-33-15-19)21(12-25(24)41-2)26-16-31-9-10-42-26/h5-8,11-15,17,26,31H,9-10,16H2,1-4H3,(H2,36,37,38,39). The van der Waals surface area contributed by atoms with Crippen LogP contribution in [0.25, 0.3) is 22.2 Å². The molecule has 0 amide bonds. The van der Waals surface area contributed by atoms with E-state index in [0.717, 1.165) is 28.8 Å². The fourth-order valence-corrected chi connectivity index (χ4v) is 6.52. The molecule has 0 saturated carbocycles. The zero-order chi connectivity index (χ0) is 30.0. The van der Waals surface area contributed by atoms with Crippen molar-refractivity contribution in [1.82, 2.24) is 35.2 Å². The van der Waals surface area contributed by atoms with Gasteiger partial charge in [0.15, 0.2) is 0 Å². The van der Waals surface area contributed by atoms with Gasteiger partial charge in [0.1, 0.15) is 30.6 Å². The third-order valence-corrected chi connectivity index (χ3v) is 8.67. The van der Waals surface area contributed by atoms with Gasteiger partial charge in [-0.15, -0.1) is 0 Å². The summed E-state index contributed by atoms with van der Waals surface area (Å²) in [5, 5.41) is 10.7. The Hall–Kier alpha value is -4.51. The lowest BCUT2D eigenvalue weighted by molar-refractivity contribution is 0.0279. The molecule has 0 radical (unpaired) electrons. The van der Waals surface area contributed by atoms with Crippen molar-refractivity contribution in [1.29, 1.82) is 0 Å². The molecule has 2 aromatic carbocycles. The number of hydrogen-bond acceptors (Lipinski definition) is 12. The molecule has 4 heterocycles. The van der Waals surface area contributed by atoms with Gasteiger partial charge in [-0.05, 0) is 55.6 Å². The van der Waals surface area contributed by atoms with E-state index in [0.29, 0.717) is 58.4 Å². The summed E-state index contributed by atoms with van der Waals surface area (Å²) in [5.74, 6) is 1.52. The molecule has 1 atom stereocenters. The Morgan fingerprint density at radius 1 is 1.02 bits per heavy atom. The number of anilines is 4. The molecular formula is C30H32N9O3P. The van der Waals surface area contributed by atoms with Gasteiger partial charge >= 0.3 is 0 Å². The number of nitrogens with one attached hydrogen (secondary N) is 3. The normalized spacial score (nSPS) is 15.3. The largest absolute Gasteiger partial charge is 0.495 e. The van der Waals surface area contributed by atoms with Crippen molar-refractivity contribution < 1.29 is 14.0 Å². The molecule has 3 N–H and O–H groups in total. The highest BCUT2D eigenvalue weighted by atomic mass is 31.2. The maximum absolute atomic E-state index is 13.4. The van der Waals surface area contributed by atoms with Gasteiger partial charge in [-0.25, -0.2) is 15.0 Å². The Kier molecular flexibility index (Phi) is 7.98. The zero-order valence-corrected chi connectivity index (χ0v) is 25.2. The number of methoxy groups -OCH3 is 1. The molecule has 1 aliphatic heterocycles. The Labute approximate surface area is 249 Å². The third-order valence-electron chi connectivity index (χ3n) is 7.14. The maximum atomic E-state index is 13.4. The van der Waals surface area contributed by atoms with Gasteiger partial charge in [-0.3, -0.25) is 9.97 Å². The Balaban J connectivity index is 1.38. The summed E-state index contributed by atoms with van der Waals surface area (Å²) < 4.78 is 25.3. The number of aryl methyl sites for hydroxylation is 1. The van der Waals surface area contributed by atoms with Crippen molar-refractivity contribution in [3.8, 4) is 16.9 Å². The van der Waals surface area contributed by atoms with E-state index < -0.39 is 7.14 Å². The monoisotopic (exact) mass is 597 g/mol. The lowest BCUT2D eigenvalue weighted by Crippen LogP contribution is -2.33. The third kappa shape index (κ3) is 6.03. The Morgan fingerprint density at radius 3 is 2.58 bits per heavy atom. The average molecular weight is 598 g/mol. The predicted octanol–water partition coefficient (Wildman–Crippen LogP) is 4.59. The molecule has 220 valence electrons. The molecule has 43 heavy (non-hydrogen) atoms. The Bertz CT molecular complexity index is 1830. The highest BCUT2D eigenvalue weighted by Gasteiger charge is 2.24. The zero-order valence-electron chi connectivity index (χ0n) is 24.3. The van der Waals surface area contributed by atoms with Crippen LogP contribution >= 0.6 is 7.14 Å². The second-order valence-electron chi connectivity index (χ2n) is 10.5. The summed E-state index contributed by atoms with van der Waals surface area (Å²) >= 11 is 0. The number of hydrogen-bond donors (Lipinski definition) is 3. The van der Waals surface area contributed by atoms with Crippen LogP contribution in [0.15, 0.2) is 61.6 Å². The van der Waals surface area contributed by atoms with Gasteiger partial charge in [0, 0.05) is 55.2 Å². The molecule has 3 aromatic heterocycles. The first-order chi connectivity index (χ1) is 20.8. The number of fused-ring (bicyclic) bond motifs is 1. The highest BCUT2D eigenvalue weighted by molar-refractivity contribution is 7.71. The van der Waals surface area contributed by atoms with Crippen LogP contribution in [-0.4, -0.2) is 70.0 Å². The van der Waals surface area contributed by atoms with Gasteiger partial charge in [0.25, 0.3) is 0 Å². The number of aromatic nitrogens is 6. The summed E-state index contributed by atoms with van der Waals surface area (Å²) in [6.07, 6.45) is 9.84. The van der Waals surface area contributed by atoms with E-state index in [1.54, 1.807) is 51.4 Å². The number of nitrogens with zero attached hydrogens (tertiary/aromatic N) is 6. The summed E-state index contributed by atoms with van der Waals surface area (Å²) in [7, 11) is -1.13. The highest BCUT2D eigenvalue weighted by Crippen LogP contribution is 2.42. The molecule has 1 fully saturated rings. The van der Waals surface area contributed by atoms with Crippen LogP contribution in [0, 0.1) is 6.92 Å².